The monoisotopic (exact) mass is 439 g/mol. The number of hydrogen-bond acceptors (Lipinski definition) is 6. The number of aromatic nitrogens is 2. The quantitative estimate of drug-likeness (QED) is 0.571. The molecule has 0 saturated carbocycles. The maximum absolute atomic E-state index is 12.8. The predicted molar refractivity (Wildman–Crippen MR) is 117 cm³/mol. The van der Waals surface area contributed by atoms with Crippen LogP contribution >= 0.6 is 0 Å². The van der Waals surface area contributed by atoms with Gasteiger partial charge in [0.2, 0.25) is 5.91 Å². The van der Waals surface area contributed by atoms with Crippen molar-refractivity contribution >= 4 is 27.2 Å². The van der Waals surface area contributed by atoms with Crippen molar-refractivity contribution < 1.29 is 13.2 Å². The molecule has 0 atom stereocenters. The number of sulfonamides is 1. The molecule has 0 aliphatic heterocycles. The van der Waals surface area contributed by atoms with Gasteiger partial charge in [0, 0.05) is 12.6 Å². The van der Waals surface area contributed by atoms with E-state index in [0.717, 1.165) is 12.6 Å². The van der Waals surface area contributed by atoms with Gasteiger partial charge in [-0.25, -0.2) is 17.8 Å². The van der Waals surface area contributed by atoms with Crippen molar-refractivity contribution in [2.24, 2.45) is 10.2 Å². The largest absolute Gasteiger partial charge is 0.295 e. The molecule has 0 spiro atoms. The highest BCUT2D eigenvalue weighted by Gasteiger charge is 2.15. The van der Waals surface area contributed by atoms with Gasteiger partial charge >= 0.3 is 0 Å². The van der Waals surface area contributed by atoms with Crippen LogP contribution < -0.4 is 10.3 Å². The molecule has 0 aliphatic carbocycles. The smallest absolute Gasteiger partial charge is 0.279 e. The third-order valence-electron chi connectivity index (χ3n) is 4.33. The number of hydrogen-bond donors (Lipinski definition) is 2. The van der Waals surface area contributed by atoms with Crippen molar-refractivity contribution in [3.8, 4) is 5.69 Å². The number of amides is 1. The SMILES string of the molecule is CC(=O)NS(=O)(=O)c1ccc(N=N/C=C(\C)c2c(C)[nH]n(-c3ccccc3)c2=O)cc1. The summed E-state index contributed by atoms with van der Waals surface area (Å²) in [6, 6.07) is 14.8. The Morgan fingerprint density at radius 1 is 1.06 bits per heavy atom. The van der Waals surface area contributed by atoms with Crippen molar-refractivity contribution in [3.05, 3.63) is 82.4 Å². The van der Waals surface area contributed by atoms with Crippen LogP contribution in [-0.2, 0) is 14.8 Å². The summed E-state index contributed by atoms with van der Waals surface area (Å²) < 4.78 is 27.3. The molecule has 1 amide bonds. The molecule has 9 nitrogen and oxygen atoms in total. The number of nitrogens with one attached hydrogen (secondary N) is 2. The van der Waals surface area contributed by atoms with Crippen LogP contribution in [0.4, 0.5) is 5.69 Å². The Morgan fingerprint density at radius 3 is 2.32 bits per heavy atom. The number of H-pyrrole nitrogens is 1. The minimum atomic E-state index is -3.90. The zero-order valence-corrected chi connectivity index (χ0v) is 18.0. The summed E-state index contributed by atoms with van der Waals surface area (Å²) in [5.74, 6) is -0.671. The molecule has 0 saturated heterocycles. The zero-order chi connectivity index (χ0) is 22.6. The van der Waals surface area contributed by atoms with Gasteiger partial charge in [-0.3, -0.25) is 14.7 Å². The lowest BCUT2D eigenvalue weighted by molar-refractivity contribution is -0.117. The van der Waals surface area contributed by atoms with Gasteiger partial charge in [0.05, 0.1) is 28.0 Å². The summed E-state index contributed by atoms with van der Waals surface area (Å²) in [6.45, 7) is 4.68. The maximum atomic E-state index is 12.8. The fourth-order valence-corrected chi connectivity index (χ4v) is 3.95. The maximum Gasteiger partial charge on any atom is 0.279 e. The van der Waals surface area contributed by atoms with E-state index in [1.165, 1.54) is 35.1 Å². The molecule has 0 fully saturated rings. The highest BCUT2D eigenvalue weighted by molar-refractivity contribution is 7.90. The molecule has 3 aromatic rings. The van der Waals surface area contributed by atoms with E-state index >= 15 is 0 Å². The van der Waals surface area contributed by atoms with Gasteiger partial charge in [-0.05, 0) is 55.8 Å². The van der Waals surface area contributed by atoms with E-state index in [9.17, 15) is 18.0 Å². The summed E-state index contributed by atoms with van der Waals surface area (Å²) in [7, 11) is -3.90. The van der Waals surface area contributed by atoms with E-state index in [2.05, 4.69) is 15.3 Å². The molecule has 0 aliphatic rings. The molecule has 2 aromatic carbocycles. The lowest BCUT2D eigenvalue weighted by Gasteiger charge is -2.04. The minimum Gasteiger partial charge on any atom is -0.295 e. The van der Waals surface area contributed by atoms with Crippen LogP contribution in [0.2, 0.25) is 0 Å². The van der Waals surface area contributed by atoms with E-state index in [0.29, 0.717) is 22.5 Å². The van der Waals surface area contributed by atoms with Gasteiger partial charge in [0.15, 0.2) is 0 Å². The Hall–Kier alpha value is -3.79. The number of para-hydroxylation sites is 1. The Kier molecular flexibility index (Phi) is 6.30. The first-order valence-electron chi connectivity index (χ1n) is 9.27. The number of allylic oxidation sites excluding steroid dienone is 1. The Balaban J connectivity index is 1.80. The summed E-state index contributed by atoms with van der Waals surface area (Å²) in [4.78, 5) is 23.7. The fraction of sp³-hybridized carbons (Fsp3) is 0.143. The zero-order valence-electron chi connectivity index (χ0n) is 17.2. The summed E-state index contributed by atoms with van der Waals surface area (Å²) in [5.41, 5.74) is 2.77. The second-order valence-corrected chi connectivity index (χ2v) is 8.45. The average molecular weight is 439 g/mol. The van der Waals surface area contributed by atoms with Crippen molar-refractivity contribution in [1.82, 2.24) is 14.5 Å². The number of carbonyl (C=O) groups excluding carboxylic acids is 1. The first kappa shape index (κ1) is 21.9. The molecule has 0 bridgehead atoms. The first-order chi connectivity index (χ1) is 14.7. The lowest BCUT2D eigenvalue weighted by Crippen LogP contribution is -2.28. The predicted octanol–water partition coefficient (Wildman–Crippen LogP) is 3.44. The van der Waals surface area contributed by atoms with E-state index in [1.807, 2.05) is 35.1 Å². The average Bonchev–Trinajstić information content (AvgIpc) is 3.02. The van der Waals surface area contributed by atoms with Crippen LogP contribution in [0.15, 0.2) is 80.7 Å². The fourth-order valence-electron chi connectivity index (χ4n) is 2.96. The highest BCUT2D eigenvalue weighted by Crippen LogP contribution is 2.19. The molecule has 160 valence electrons. The standard InChI is InChI=1S/C21H21N5O4S/c1-14(20-15(2)24-26(21(20)28)18-7-5-4-6-8-18)13-22-23-17-9-11-19(12-10-17)31(29,30)25-16(3)27/h4-13,24H,1-3H3,(H,25,27)/b14-13+,23-22?. The molecule has 3 rings (SSSR count). The van der Waals surface area contributed by atoms with Gasteiger partial charge < -0.3 is 0 Å². The van der Waals surface area contributed by atoms with Crippen LogP contribution in [0.25, 0.3) is 11.3 Å². The highest BCUT2D eigenvalue weighted by atomic mass is 32.2. The normalized spacial score (nSPS) is 12.3. The van der Waals surface area contributed by atoms with Crippen LogP contribution in [-0.4, -0.2) is 24.1 Å². The van der Waals surface area contributed by atoms with Gasteiger partial charge in [0.1, 0.15) is 0 Å². The first-order valence-corrected chi connectivity index (χ1v) is 10.8. The number of aromatic amines is 1. The van der Waals surface area contributed by atoms with Crippen LogP contribution in [0.3, 0.4) is 0 Å². The number of azo groups is 1. The van der Waals surface area contributed by atoms with Gasteiger partial charge in [0.25, 0.3) is 15.6 Å². The van der Waals surface area contributed by atoms with E-state index in [1.54, 1.807) is 13.8 Å². The number of carbonyl (C=O) groups is 1. The van der Waals surface area contributed by atoms with Crippen LogP contribution in [0, 0.1) is 6.92 Å². The van der Waals surface area contributed by atoms with Gasteiger partial charge in [-0.1, -0.05) is 18.2 Å². The molecule has 10 heteroatoms. The molecule has 0 unspecified atom stereocenters. The van der Waals surface area contributed by atoms with E-state index in [4.69, 9.17) is 0 Å². The van der Waals surface area contributed by atoms with Crippen LogP contribution in [0.1, 0.15) is 25.1 Å². The van der Waals surface area contributed by atoms with Gasteiger partial charge in [-0.15, -0.1) is 0 Å². The minimum absolute atomic E-state index is 0.0576. The third-order valence-corrected chi connectivity index (χ3v) is 5.78. The number of rotatable bonds is 6. The molecule has 2 N–H and O–H groups in total. The molecule has 31 heavy (non-hydrogen) atoms. The number of nitrogens with zero attached hydrogens (tertiary/aromatic N) is 3. The number of aryl methyl sites for hydroxylation is 1. The van der Waals surface area contributed by atoms with Crippen molar-refractivity contribution in [1.29, 1.82) is 0 Å². The lowest BCUT2D eigenvalue weighted by atomic mass is 10.1. The van der Waals surface area contributed by atoms with Crippen molar-refractivity contribution in [3.63, 3.8) is 0 Å². The Bertz CT molecular complexity index is 1320. The summed E-state index contributed by atoms with van der Waals surface area (Å²) in [6.07, 6.45) is 1.47. The second kappa shape index (κ2) is 8.92. The number of benzene rings is 2. The topological polar surface area (TPSA) is 126 Å². The second-order valence-electron chi connectivity index (χ2n) is 6.77. The van der Waals surface area contributed by atoms with E-state index in [-0.39, 0.29) is 10.5 Å². The van der Waals surface area contributed by atoms with Crippen molar-refractivity contribution in [2.45, 2.75) is 25.7 Å². The molecule has 0 radical (unpaired) electrons. The third kappa shape index (κ3) is 5.04. The molecular formula is C21H21N5O4S. The van der Waals surface area contributed by atoms with Crippen molar-refractivity contribution in [2.75, 3.05) is 0 Å². The summed E-state index contributed by atoms with van der Waals surface area (Å²) >= 11 is 0. The summed E-state index contributed by atoms with van der Waals surface area (Å²) in [5, 5.41) is 11.1. The van der Waals surface area contributed by atoms with Crippen LogP contribution in [0.5, 0.6) is 0 Å². The molecular weight excluding hydrogens is 418 g/mol. The van der Waals surface area contributed by atoms with E-state index < -0.39 is 15.9 Å². The Morgan fingerprint density at radius 2 is 1.71 bits per heavy atom. The molecule has 1 aromatic heterocycles. The Labute approximate surface area is 179 Å². The molecule has 1 heterocycles. The van der Waals surface area contributed by atoms with Gasteiger partial charge in [-0.2, -0.15) is 10.2 Å².